The van der Waals surface area contributed by atoms with Crippen LogP contribution in [0.15, 0.2) is 36.5 Å². The Morgan fingerprint density at radius 3 is 2.47 bits per heavy atom. The first-order valence-electron chi connectivity index (χ1n) is 6.50. The molecule has 2 nitrogen and oxygen atoms in total. The summed E-state index contributed by atoms with van der Waals surface area (Å²) in [5.74, 6) is 0.172. The van der Waals surface area contributed by atoms with Gasteiger partial charge in [-0.1, -0.05) is 30.4 Å². The number of carbonyl (C=O) groups is 1. The fourth-order valence-electron chi connectivity index (χ4n) is 1.63. The highest BCUT2D eigenvalue weighted by Crippen LogP contribution is 2.16. The average molecular weight is 233 g/mol. The lowest BCUT2D eigenvalue weighted by atomic mass is 10.2. The van der Waals surface area contributed by atoms with Crippen molar-refractivity contribution in [3.8, 4) is 0 Å². The largest absolute Gasteiger partial charge is 0.333 e. The third-order valence-electron chi connectivity index (χ3n) is 2.83. The first-order valence-corrected chi connectivity index (χ1v) is 6.50. The van der Waals surface area contributed by atoms with E-state index in [0.717, 1.165) is 25.8 Å². The molecule has 1 unspecified atom stereocenters. The van der Waals surface area contributed by atoms with E-state index in [-0.39, 0.29) is 5.91 Å². The Kier molecular flexibility index (Phi) is 6.38. The third-order valence-corrected chi connectivity index (χ3v) is 2.83. The SMILES string of the molecule is C/C=C/C=C/CCCC/C=C/C(=O)N1CC1C. The van der Waals surface area contributed by atoms with Crippen LogP contribution < -0.4 is 0 Å². The van der Waals surface area contributed by atoms with E-state index in [9.17, 15) is 4.79 Å². The van der Waals surface area contributed by atoms with Crippen LogP contribution in [0.4, 0.5) is 0 Å². The number of amides is 1. The Bertz CT molecular complexity index is 315. The Morgan fingerprint density at radius 2 is 1.88 bits per heavy atom. The van der Waals surface area contributed by atoms with Gasteiger partial charge in [0.1, 0.15) is 0 Å². The van der Waals surface area contributed by atoms with Gasteiger partial charge in [0, 0.05) is 12.6 Å². The zero-order chi connectivity index (χ0) is 12.5. The van der Waals surface area contributed by atoms with E-state index in [1.54, 1.807) is 6.08 Å². The highest BCUT2D eigenvalue weighted by atomic mass is 16.2. The minimum atomic E-state index is 0.172. The second-order valence-corrected chi connectivity index (χ2v) is 4.48. The molecule has 94 valence electrons. The summed E-state index contributed by atoms with van der Waals surface area (Å²) in [5, 5.41) is 0. The van der Waals surface area contributed by atoms with Crippen LogP contribution in [0.25, 0.3) is 0 Å². The van der Waals surface area contributed by atoms with Crippen LogP contribution in [0.1, 0.15) is 39.5 Å². The lowest BCUT2D eigenvalue weighted by Gasteiger charge is -1.96. The molecule has 0 aromatic heterocycles. The Labute approximate surface area is 105 Å². The Morgan fingerprint density at radius 1 is 1.24 bits per heavy atom. The minimum Gasteiger partial charge on any atom is -0.333 e. The van der Waals surface area contributed by atoms with Crippen LogP contribution in [-0.2, 0) is 4.79 Å². The molecule has 1 rings (SSSR count). The maximum Gasteiger partial charge on any atom is 0.246 e. The highest BCUT2D eigenvalue weighted by Gasteiger charge is 2.32. The maximum absolute atomic E-state index is 11.4. The zero-order valence-corrected chi connectivity index (χ0v) is 10.9. The van der Waals surface area contributed by atoms with Gasteiger partial charge in [0.25, 0.3) is 0 Å². The van der Waals surface area contributed by atoms with Gasteiger partial charge in [-0.05, 0) is 45.6 Å². The quantitative estimate of drug-likeness (QED) is 0.285. The summed E-state index contributed by atoms with van der Waals surface area (Å²) >= 11 is 0. The molecule has 1 atom stereocenters. The second kappa shape index (κ2) is 7.88. The summed E-state index contributed by atoms with van der Waals surface area (Å²) in [6.45, 7) is 5.02. The molecule has 0 saturated carbocycles. The van der Waals surface area contributed by atoms with Gasteiger partial charge in [0.05, 0.1) is 0 Å². The van der Waals surface area contributed by atoms with Crippen molar-refractivity contribution in [3.63, 3.8) is 0 Å². The molecule has 17 heavy (non-hydrogen) atoms. The van der Waals surface area contributed by atoms with Crippen molar-refractivity contribution in [2.45, 2.75) is 45.6 Å². The molecule has 0 radical (unpaired) electrons. The summed E-state index contributed by atoms with van der Waals surface area (Å²) in [5.41, 5.74) is 0. The van der Waals surface area contributed by atoms with Crippen molar-refractivity contribution in [2.24, 2.45) is 0 Å². The predicted octanol–water partition coefficient (Wildman–Crippen LogP) is 3.47. The number of hydrogen-bond acceptors (Lipinski definition) is 1. The Balaban J connectivity index is 1.96. The molecular formula is C15H23NO. The van der Waals surface area contributed by atoms with Crippen LogP contribution >= 0.6 is 0 Å². The lowest BCUT2D eigenvalue weighted by Crippen LogP contribution is -2.08. The number of carbonyl (C=O) groups excluding carboxylic acids is 1. The van der Waals surface area contributed by atoms with E-state index in [1.165, 1.54) is 6.42 Å². The van der Waals surface area contributed by atoms with Crippen molar-refractivity contribution in [2.75, 3.05) is 6.54 Å². The van der Waals surface area contributed by atoms with Crippen LogP contribution in [0, 0.1) is 0 Å². The molecule has 0 aliphatic carbocycles. The van der Waals surface area contributed by atoms with Crippen molar-refractivity contribution in [1.82, 2.24) is 4.90 Å². The summed E-state index contributed by atoms with van der Waals surface area (Å²) in [7, 11) is 0. The molecular weight excluding hydrogens is 210 g/mol. The Hall–Kier alpha value is -1.31. The number of unbranched alkanes of at least 4 members (excludes halogenated alkanes) is 3. The first-order chi connectivity index (χ1) is 8.25. The van der Waals surface area contributed by atoms with Crippen LogP contribution in [0.3, 0.4) is 0 Å². The molecule has 0 aromatic rings. The van der Waals surface area contributed by atoms with Gasteiger partial charge < -0.3 is 4.90 Å². The van der Waals surface area contributed by atoms with E-state index in [4.69, 9.17) is 0 Å². The van der Waals surface area contributed by atoms with Gasteiger partial charge in [-0.2, -0.15) is 0 Å². The molecule has 2 heteroatoms. The predicted molar refractivity (Wildman–Crippen MR) is 72.7 cm³/mol. The van der Waals surface area contributed by atoms with E-state index in [2.05, 4.69) is 19.1 Å². The molecule has 0 N–H and O–H groups in total. The van der Waals surface area contributed by atoms with E-state index in [0.29, 0.717) is 6.04 Å². The fourth-order valence-corrected chi connectivity index (χ4v) is 1.63. The molecule has 1 aliphatic rings. The summed E-state index contributed by atoms with van der Waals surface area (Å²) in [6.07, 6.45) is 16.5. The van der Waals surface area contributed by atoms with Crippen molar-refractivity contribution < 1.29 is 4.79 Å². The van der Waals surface area contributed by atoms with Gasteiger partial charge in [-0.3, -0.25) is 4.79 Å². The molecule has 0 spiro atoms. The van der Waals surface area contributed by atoms with E-state index in [1.807, 2.05) is 30.1 Å². The minimum absolute atomic E-state index is 0.172. The molecule has 0 bridgehead atoms. The summed E-state index contributed by atoms with van der Waals surface area (Å²) < 4.78 is 0. The maximum atomic E-state index is 11.4. The van der Waals surface area contributed by atoms with Crippen LogP contribution in [-0.4, -0.2) is 23.4 Å². The van der Waals surface area contributed by atoms with E-state index >= 15 is 0 Å². The number of nitrogens with zero attached hydrogens (tertiary/aromatic N) is 1. The normalized spacial score (nSPS) is 19.9. The van der Waals surface area contributed by atoms with Crippen molar-refractivity contribution in [3.05, 3.63) is 36.5 Å². The van der Waals surface area contributed by atoms with Gasteiger partial charge in [0.15, 0.2) is 0 Å². The lowest BCUT2D eigenvalue weighted by molar-refractivity contribution is -0.121. The second-order valence-electron chi connectivity index (χ2n) is 4.48. The van der Waals surface area contributed by atoms with Gasteiger partial charge in [0.2, 0.25) is 5.91 Å². The highest BCUT2D eigenvalue weighted by molar-refractivity contribution is 5.89. The standard InChI is InChI=1S/C15H23NO/c1-3-4-5-6-7-8-9-10-11-12-15(17)16-13-14(16)2/h3-6,11-12,14H,7-10,13H2,1-2H3/b4-3+,6-5+,12-11+. The van der Waals surface area contributed by atoms with Gasteiger partial charge in [-0.25, -0.2) is 0 Å². The van der Waals surface area contributed by atoms with E-state index < -0.39 is 0 Å². The molecule has 1 aliphatic heterocycles. The first kappa shape index (κ1) is 13.8. The van der Waals surface area contributed by atoms with Crippen molar-refractivity contribution in [1.29, 1.82) is 0 Å². The third kappa shape index (κ3) is 6.10. The summed E-state index contributed by atoms with van der Waals surface area (Å²) in [6, 6.07) is 0.462. The smallest absolute Gasteiger partial charge is 0.246 e. The zero-order valence-electron chi connectivity index (χ0n) is 10.9. The molecule has 1 saturated heterocycles. The number of allylic oxidation sites excluding steroid dienone is 5. The molecule has 1 fully saturated rings. The molecule has 1 amide bonds. The monoisotopic (exact) mass is 233 g/mol. The molecule has 1 heterocycles. The average Bonchev–Trinajstić information content (AvgIpc) is 3.04. The number of hydrogen-bond donors (Lipinski definition) is 0. The van der Waals surface area contributed by atoms with Gasteiger partial charge in [-0.15, -0.1) is 0 Å². The summed E-state index contributed by atoms with van der Waals surface area (Å²) in [4.78, 5) is 13.3. The number of rotatable bonds is 7. The molecule has 0 aromatic carbocycles. The fraction of sp³-hybridized carbons (Fsp3) is 0.533. The van der Waals surface area contributed by atoms with Crippen molar-refractivity contribution >= 4 is 5.91 Å². The van der Waals surface area contributed by atoms with Gasteiger partial charge >= 0.3 is 0 Å². The van der Waals surface area contributed by atoms with Crippen LogP contribution in [0.5, 0.6) is 0 Å². The van der Waals surface area contributed by atoms with Crippen LogP contribution in [0.2, 0.25) is 0 Å². The topological polar surface area (TPSA) is 20.1 Å².